The number of nitrogens with zero attached hydrogens (tertiary/aromatic N) is 3. The van der Waals surface area contributed by atoms with E-state index in [0.29, 0.717) is 18.5 Å². The van der Waals surface area contributed by atoms with Gasteiger partial charge in [-0.3, -0.25) is 9.55 Å². The normalized spacial score (nSPS) is 16.3. The summed E-state index contributed by atoms with van der Waals surface area (Å²) in [6.07, 6.45) is 4.11. The Kier molecular flexibility index (Phi) is 4.27. The molecule has 2 aromatic heterocycles. The highest BCUT2D eigenvalue weighted by Crippen LogP contribution is 2.23. The fourth-order valence-electron chi connectivity index (χ4n) is 3.04. The highest BCUT2D eigenvalue weighted by molar-refractivity contribution is 6.01. The van der Waals surface area contributed by atoms with Crippen molar-refractivity contribution in [3.63, 3.8) is 0 Å². The van der Waals surface area contributed by atoms with Gasteiger partial charge in [0.25, 0.3) is 0 Å². The molecule has 0 fully saturated rings. The zero-order valence-electron chi connectivity index (χ0n) is 14.0. The molecule has 1 aromatic carbocycles. The third-order valence-electron chi connectivity index (χ3n) is 4.36. The fourth-order valence-corrected chi connectivity index (χ4v) is 3.04. The van der Waals surface area contributed by atoms with E-state index >= 15 is 0 Å². The topological polar surface area (TPSA) is 92.5 Å². The van der Waals surface area contributed by atoms with Crippen LogP contribution in [0.25, 0.3) is 0 Å². The van der Waals surface area contributed by atoms with Gasteiger partial charge in [-0.25, -0.2) is 4.79 Å². The van der Waals surface area contributed by atoms with Gasteiger partial charge in [0.15, 0.2) is 0 Å². The molecule has 3 aromatic rings. The number of rotatable bonds is 5. The summed E-state index contributed by atoms with van der Waals surface area (Å²) in [4.78, 5) is 24.4. The van der Waals surface area contributed by atoms with Crippen LogP contribution in [0.15, 0.2) is 64.8 Å². The molecule has 1 atom stereocenters. The molecule has 0 bridgehead atoms. The van der Waals surface area contributed by atoms with Crippen molar-refractivity contribution in [3.05, 3.63) is 82.2 Å². The minimum atomic E-state index is -0.358. The lowest BCUT2D eigenvalue weighted by atomic mass is 10.0. The molecule has 26 heavy (non-hydrogen) atoms. The number of H-pyrrole nitrogens is 1. The van der Waals surface area contributed by atoms with Crippen molar-refractivity contribution < 1.29 is 9.94 Å². The Hall–Kier alpha value is -3.35. The van der Waals surface area contributed by atoms with Gasteiger partial charge < -0.3 is 14.9 Å². The first kappa shape index (κ1) is 16.1. The molecule has 0 aliphatic carbocycles. The van der Waals surface area contributed by atoms with Gasteiger partial charge in [-0.2, -0.15) is 0 Å². The van der Waals surface area contributed by atoms with Crippen LogP contribution in [-0.4, -0.2) is 31.5 Å². The number of aromatic amines is 1. The van der Waals surface area contributed by atoms with Crippen molar-refractivity contribution in [1.29, 1.82) is 0 Å². The molecule has 1 unspecified atom stereocenters. The van der Waals surface area contributed by atoms with E-state index in [1.54, 1.807) is 18.5 Å². The fraction of sp³-hybridized carbons (Fsp3) is 0.211. The molecule has 0 spiro atoms. The molecule has 0 saturated carbocycles. The number of hydrogen-bond donors (Lipinski definition) is 2. The maximum atomic E-state index is 12.2. The van der Waals surface area contributed by atoms with Crippen LogP contribution in [0, 0.1) is 0 Å². The molecular weight excluding hydrogens is 332 g/mol. The van der Waals surface area contributed by atoms with Crippen molar-refractivity contribution >= 4 is 5.71 Å². The number of oxime groups is 1. The number of imidazole rings is 1. The van der Waals surface area contributed by atoms with Crippen molar-refractivity contribution in [2.75, 3.05) is 0 Å². The third kappa shape index (κ3) is 3.23. The number of aromatic nitrogens is 3. The van der Waals surface area contributed by atoms with Gasteiger partial charge >= 0.3 is 5.69 Å². The van der Waals surface area contributed by atoms with E-state index < -0.39 is 0 Å². The van der Waals surface area contributed by atoms with E-state index in [4.69, 9.17) is 4.84 Å². The Labute approximate surface area is 149 Å². The van der Waals surface area contributed by atoms with Crippen LogP contribution in [-0.2, 0) is 17.8 Å². The van der Waals surface area contributed by atoms with Gasteiger partial charge in [0.1, 0.15) is 6.10 Å². The second kappa shape index (κ2) is 6.87. The standard InChI is InChI=1S/C19H18N4O3/c24-18-17(21-19(25)23(18)12-13-5-4-8-20-11-13)10-15-9-16(22-26-15)14-6-2-1-3-7-14/h1-8,11,15,24H,9-10,12H2,(H,21,25). The average Bonchev–Trinajstić information content (AvgIpc) is 3.24. The van der Waals surface area contributed by atoms with Crippen LogP contribution in [0.1, 0.15) is 23.2 Å². The minimum Gasteiger partial charge on any atom is -0.493 e. The van der Waals surface area contributed by atoms with Gasteiger partial charge in [0.05, 0.1) is 18.0 Å². The van der Waals surface area contributed by atoms with Gasteiger partial charge in [-0.15, -0.1) is 0 Å². The molecule has 4 rings (SSSR count). The first-order valence-corrected chi connectivity index (χ1v) is 8.38. The van der Waals surface area contributed by atoms with E-state index in [1.807, 2.05) is 36.4 Å². The molecule has 2 N–H and O–H groups in total. The number of pyridine rings is 1. The Bertz CT molecular complexity index is 977. The maximum Gasteiger partial charge on any atom is 0.328 e. The largest absolute Gasteiger partial charge is 0.493 e. The van der Waals surface area contributed by atoms with Crippen molar-refractivity contribution in [3.8, 4) is 5.88 Å². The summed E-state index contributed by atoms with van der Waals surface area (Å²) in [5, 5.41) is 14.6. The minimum absolute atomic E-state index is 0.0735. The highest BCUT2D eigenvalue weighted by atomic mass is 16.6. The molecule has 0 radical (unpaired) electrons. The summed E-state index contributed by atoms with van der Waals surface area (Å²) in [5.74, 6) is -0.0735. The SMILES string of the molecule is O=c1[nH]c(CC2CC(c3ccccc3)=NO2)c(O)n1Cc1cccnc1. The van der Waals surface area contributed by atoms with Crippen molar-refractivity contribution in [2.45, 2.75) is 25.5 Å². The lowest BCUT2D eigenvalue weighted by Crippen LogP contribution is -2.17. The molecule has 0 amide bonds. The zero-order chi connectivity index (χ0) is 17.9. The van der Waals surface area contributed by atoms with Crippen LogP contribution in [0.2, 0.25) is 0 Å². The average molecular weight is 350 g/mol. The Balaban J connectivity index is 1.47. The van der Waals surface area contributed by atoms with E-state index in [1.165, 1.54) is 4.57 Å². The van der Waals surface area contributed by atoms with E-state index in [-0.39, 0.29) is 24.2 Å². The molecule has 7 nitrogen and oxygen atoms in total. The smallest absolute Gasteiger partial charge is 0.328 e. The van der Waals surface area contributed by atoms with E-state index in [2.05, 4.69) is 15.1 Å². The number of hydrogen-bond acceptors (Lipinski definition) is 5. The lowest BCUT2D eigenvalue weighted by Gasteiger charge is -2.07. The van der Waals surface area contributed by atoms with Crippen LogP contribution < -0.4 is 5.69 Å². The molecule has 132 valence electrons. The van der Waals surface area contributed by atoms with Gasteiger partial charge in [0, 0.05) is 25.2 Å². The van der Waals surface area contributed by atoms with Crippen LogP contribution >= 0.6 is 0 Å². The molecule has 7 heteroatoms. The number of nitrogens with one attached hydrogen (secondary N) is 1. The molecule has 3 heterocycles. The number of benzene rings is 1. The summed E-state index contributed by atoms with van der Waals surface area (Å²) in [6, 6.07) is 13.5. The second-order valence-corrected chi connectivity index (χ2v) is 6.22. The van der Waals surface area contributed by atoms with Crippen LogP contribution in [0.4, 0.5) is 0 Å². The molecule has 1 aliphatic heterocycles. The molecule has 1 aliphatic rings. The van der Waals surface area contributed by atoms with Crippen molar-refractivity contribution in [2.24, 2.45) is 5.16 Å². The summed E-state index contributed by atoms with van der Waals surface area (Å²) in [7, 11) is 0. The molecular formula is C19H18N4O3. The maximum absolute atomic E-state index is 12.2. The van der Waals surface area contributed by atoms with Crippen LogP contribution in [0.5, 0.6) is 5.88 Å². The predicted molar refractivity (Wildman–Crippen MR) is 96.2 cm³/mol. The van der Waals surface area contributed by atoms with Gasteiger partial charge in [-0.05, 0) is 17.2 Å². The van der Waals surface area contributed by atoms with Gasteiger partial charge in [0.2, 0.25) is 5.88 Å². The Morgan fingerprint density at radius 1 is 1.23 bits per heavy atom. The summed E-state index contributed by atoms with van der Waals surface area (Å²) >= 11 is 0. The number of aromatic hydroxyl groups is 1. The van der Waals surface area contributed by atoms with E-state index in [9.17, 15) is 9.90 Å². The highest BCUT2D eigenvalue weighted by Gasteiger charge is 2.25. The third-order valence-corrected chi connectivity index (χ3v) is 4.36. The van der Waals surface area contributed by atoms with Crippen LogP contribution in [0.3, 0.4) is 0 Å². The summed E-state index contributed by atoms with van der Waals surface area (Å²) < 4.78 is 1.29. The quantitative estimate of drug-likeness (QED) is 0.737. The molecule has 0 saturated heterocycles. The van der Waals surface area contributed by atoms with Gasteiger partial charge in [-0.1, -0.05) is 41.6 Å². The predicted octanol–water partition coefficient (Wildman–Crippen LogP) is 2.06. The first-order chi connectivity index (χ1) is 12.7. The monoisotopic (exact) mass is 350 g/mol. The second-order valence-electron chi connectivity index (χ2n) is 6.22. The summed E-state index contributed by atoms with van der Waals surface area (Å²) in [5.41, 5.74) is 2.81. The lowest BCUT2D eigenvalue weighted by molar-refractivity contribution is 0.0847. The Morgan fingerprint density at radius 3 is 2.85 bits per heavy atom. The first-order valence-electron chi connectivity index (χ1n) is 8.38. The Morgan fingerprint density at radius 2 is 2.08 bits per heavy atom. The zero-order valence-corrected chi connectivity index (χ0v) is 14.0. The van der Waals surface area contributed by atoms with Crippen molar-refractivity contribution in [1.82, 2.24) is 14.5 Å². The summed E-state index contributed by atoms with van der Waals surface area (Å²) in [6.45, 7) is 0.256. The van der Waals surface area contributed by atoms with E-state index in [0.717, 1.165) is 16.8 Å².